The molecule has 4 heteroatoms. The van der Waals surface area contributed by atoms with Gasteiger partial charge in [-0.05, 0) is 51.7 Å². The summed E-state index contributed by atoms with van der Waals surface area (Å²) in [6.07, 6.45) is 3.02. The fraction of sp³-hybridized carbons (Fsp3) is 0.588. The van der Waals surface area contributed by atoms with Crippen molar-refractivity contribution in [1.82, 2.24) is 5.32 Å². The Hall–Kier alpha value is -1.71. The zero-order chi connectivity index (χ0) is 15.3. The van der Waals surface area contributed by atoms with Gasteiger partial charge in [-0.25, -0.2) is 4.79 Å². The van der Waals surface area contributed by atoms with Crippen molar-refractivity contribution in [3.05, 3.63) is 29.8 Å². The Morgan fingerprint density at radius 2 is 1.90 bits per heavy atom. The summed E-state index contributed by atoms with van der Waals surface area (Å²) in [5.74, 6) is 0. The van der Waals surface area contributed by atoms with Crippen molar-refractivity contribution < 1.29 is 9.53 Å². The number of nitrogens with zero attached hydrogens (tertiary/aromatic N) is 1. The van der Waals surface area contributed by atoms with Gasteiger partial charge < -0.3 is 15.0 Å². The molecular weight excluding hydrogens is 264 g/mol. The Balaban J connectivity index is 1.87. The van der Waals surface area contributed by atoms with Gasteiger partial charge in [-0.3, -0.25) is 0 Å². The lowest BCUT2D eigenvalue weighted by atomic mass is 10.1. The number of amides is 1. The highest BCUT2D eigenvalue weighted by atomic mass is 16.6. The number of carbonyl (C=O) groups excluding carboxylic acids is 1. The average molecular weight is 290 g/mol. The van der Waals surface area contributed by atoms with E-state index >= 15 is 0 Å². The zero-order valence-corrected chi connectivity index (χ0v) is 13.3. The van der Waals surface area contributed by atoms with Crippen LogP contribution in [0.2, 0.25) is 0 Å². The van der Waals surface area contributed by atoms with E-state index in [1.54, 1.807) is 0 Å². The van der Waals surface area contributed by atoms with Crippen LogP contribution in [-0.4, -0.2) is 31.3 Å². The molecule has 1 fully saturated rings. The lowest BCUT2D eigenvalue weighted by Crippen LogP contribution is -2.33. The van der Waals surface area contributed by atoms with Crippen molar-refractivity contribution in [1.29, 1.82) is 0 Å². The molecule has 0 unspecified atom stereocenters. The fourth-order valence-corrected chi connectivity index (χ4v) is 2.60. The highest BCUT2D eigenvalue weighted by Gasteiger charge is 2.17. The molecule has 0 spiro atoms. The van der Waals surface area contributed by atoms with Crippen molar-refractivity contribution in [2.45, 2.75) is 45.6 Å². The number of benzene rings is 1. The molecule has 2 rings (SSSR count). The van der Waals surface area contributed by atoms with Crippen LogP contribution in [0.4, 0.5) is 10.5 Å². The molecular formula is C17H26N2O2. The number of hydrogen-bond acceptors (Lipinski definition) is 3. The number of carbonyl (C=O) groups is 1. The molecule has 4 nitrogen and oxygen atoms in total. The first-order valence-electron chi connectivity index (χ1n) is 7.75. The molecule has 0 saturated carbocycles. The van der Waals surface area contributed by atoms with Gasteiger partial charge in [-0.15, -0.1) is 0 Å². The predicted molar refractivity (Wildman–Crippen MR) is 85.8 cm³/mol. The monoisotopic (exact) mass is 290 g/mol. The van der Waals surface area contributed by atoms with E-state index in [9.17, 15) is 4.79 Å². The first-order valence-corrected chi connectivity index (χ1v) is 7.75. The van der Waals surface area contributed by atoms with Crippen molar-refractivity contribution in [3.8, 4) is 0 Å². The van der Waals surface area contributed by atoms with Crippen LogP contribution in [0.25, 0.3) is 0 Å². The van der Waals surface area contributed by atoms with Gasteiger partial charge in [0, 0.05) is 25.3 Å². The number of nitrogens with one attached hydrogen (secondary N) is 1. The summed E-state index contributed by atoms with van der Waals surface area (Å²) in [7, 11) is 0. The van der Waals surface area contributed by atoms with Gasteiger partial charge >= 0.3 is 6.09 Å². The van der Waals surface area contributed by atoms with Crippen molar-refractivity contribution in [3.63, 3.8) is 0 Å². The number of hydrogen-bond donors (Lipinski definition) is 1. The first-order chi connectivity index (χ1) is 9.96. The van der Waals surface area contributed by atoms with Gasteiger partial charge in [0.05, 0.1) is 0 Å². The van der Waals surface area contributed by atoms with Crippen LogP contribution in [-0.2, 0) is 11.2 Å². The second kappa shape index (κ2) is 6.83. The summed E-state index contributed by atoms with van der Waals surface area (Å²) in [4.78, 5) is 14.1. The van der Waals surface area contributed by atoms with Gasteiger partial charge in [-0.2, -0.15) is 0 Å². The van der Waals surface area contributed by atoms with Crippen LogP contribution < -0.4 is 10.2 Å². The first kappa shape index (κ1) is 15.7. The van der Waals surface area contributed by atoms with Gasteiger partial charge in [-0.1, -0.05) is 18.2 Å². The SMILES string of the molecule is CC(C)(C)OC(=O)NCCc1ccccc1N1CCCC1. The van der Waals surface area contributed by atoms with Crippen LogP contribution in [0.3, 0.4) is 0 Å². The molecule has 1 saturated heterocycles. The molecule has 0 aromatic heterocycles. The summed E-state index contributed by atoms with van der Waals surface area (Å²) < 4.78 is 5.25. The van der Waals surface area contributed by atoms with E-state index in [4.69, 9.17) is 4.74 Å². The van der Waals surface area contributed by atoms with Gasteiger partial charge in [0.25, 0.3) is 0 Å². The van der Waals surface area contributed by atoms with E-state index in [1.165, 1.54) is 24.1 Å². The van der Waals surface area contributed by atoms with Gasteiger partial charge in [0.1, 0.15) is 5.60 Å². The van der Waals surface area contributed by atoms with Gasteiger partial charge in [0.2, 0.25) is 0 Å². The van der Waals surface area contributed by atoms with Crippen molar-refractivity contribution in [2.75, 3.05) is 24.5 Å². The standard InChI is InChI=1S/C17H26N2O2/c1-17(2,3)21-16(20)18-11-10-14-8-4-5-9-15(14)19-12-6-7-13-19/h4-5,8-9H,6-7,10-13H2,1-3H3,(H,18,20). The molecule has 0 radical (unpaired) electrons. The van der Waals surface area contributed by atoms with E-state index in [1.807, 2.05) is 20.8 Å². The molecule has 116 valence electrons. The zero-order valence-electron chi connectivity index (χ0n) is 13.3. The predicted octanol–water partition coefficient (Wildman–Crippen LogP) is 3.35. The van der Waals surface area contributed by atoms with Crippen molar-refractivity contribution >= 4 is 11.8 Å². The third-order valence-electron chi connectivity index (χ3n) is 3.50. The molecule has 1 aliphatic rings. The minimum Gasteiger partial charge on any atom is -0.444 e. The topological polar surface area (TPSA) is 41.6 Å². The second-order valence-corrected chi connectivity index (χ2v) is 6.50. The number of anilines is 1. The Bertz CT molecular complexity index is 474. The lowest BCUT2D eigenvalue weighted by molar-refractivity contribution is 0.0528. The number of alkyl carbamates (subject to hydrolysis) is 1. The summed E-state index contributed by atoms with van der Waals surface area (Å²) in [5.41, 5.74) is 2.15. The summed E-state index contributed by atoms with van der Waals surface area (Å²) in [5, 5.41) is 2.83. The molecule has 21 heavy (non-hydrogen) atoms. The Labute approximate surface area is 127 Å². The van der Waals surface area contributed by atoms with Crippen LogP contribution in [0, 0.1) is 0 Å². The molecule has 1 heterocycles. The average Bonchev–Trinajstić information content (AvgIpc) is 2.91. The molecule has 0 aliphatic carbocycles. The Morgan fingerprint density at radius 3 is 2.57 bits per heavy atom. The van der Waals surface area contributed by atoms with Crippen LogP contribution in [0.1, 0.15) is 39.2 Å². The molecule has 1 aromatic rings. The third kappa shape index (κ3) is 4.96. The molecule has 1 amide bonds. The highest BCUT2D eigenvalue weighted by Crippen LogP contribution is 2.24. The van der Waals surface area contributed by atoms with Crippen LogP contribution in [0.15, 0.2) is 24.3 Å². The quantitative estimate of drug-likeness (QED) is 0.924. The summed E-state index contributed by atoms with van der Waals surface area (Å²) >= 11 is 0. The highest BCUT2D eigenvalue weighted by molar-refractivity contribution is 5.67. The van der Waals surface area contributed by atoms with Crippen molar-refractivity contribution in [2.24, 2.45) is 0 Å². The Morgan fingerprint density at radius 1 is 1.24 bits per heavy atom. The van der Waals surface area contributed by atoms with E-state index in [2.05, 4.69) is 34.5 Å². The third-order valence-corrected chi connectivity index (χ3v) is 3.50. The Kier molecular flexibility index (Phi) is 5.10. The van der Waals surface area contributed by atoms with E-state index in [-0.39, 0.29) is 6.09 Å². The van der Waals surface area contributed by atoms with E-state index < -0.39 is 5.60 Å². The minimum atomic E-state index is -0.447. The van der Waals surface area contributed by atoms with Crippen LogP contribution in [0.5, 0.6) is 0 Å². The minimum absolute atomic E-state index is 0.346. The van der Waals surface area contributed by atoms with E-state index in [0.29, 0.717) is 6.54 Å². The van der Waals surface area contributed by atoms with Crippen LogP contribution >= 0.6 is 0 Å². The summed E-state index contributed by atoms with van der Waals surface area (Å²) in [6.45, 7) is 8.48. The number of rotatable bonds is 4. The second-order valence-electron chi connectivity index (χ2n) is 6.50. The maximum atomic E-state index is 11.6. The molecule has 0 atom stereocenters. The molecule has 1 aliphatic heterocycles. The smallest absolute Gasteiger partial charge is 0.407 e. The lowest BCUT2D eigenvalue weighted by Gasteiger charge is -2.22. The maximum absolute atomic E-state index is 11.6. The largest absolute Gasteiger partial charge is 0.444 e. The normalized spacial score (nSPS) is 15.1. The van der Waals surface area contributed by atoms with Gasteiger partial charge in [0.15, 0.2) is 0 Å². The molecule has 1 aromatic carbocycles. The van der Waals surface area contributed by atoms with E-state index in [0.717, 1.165) is 19.5 Å². The fourth-order valence-electron chi connectivity index (χ4n) is 2.60. The molecule has 0 bridgehead atoms. The number of para-hydroxylation sites is 1. The maximum Gasteiger partial charge on any atom is 0.407 e. The molecule has 1 N–H and O–H groups in total. The summed E-state index contributed by atoms with van der Waals surface area (Å²) in [6, 6.07) is 8.46. The number of ether oxygens (including phenoxy) is 1.